The van der Waals surface area contributed by atoms with Gasteiger partial charge in [-0.2, -0.15) is 0 Å². The molecule has 0 aromatic heterocycles. The van der Waals surface area contributed by atoms with Crippen molar-refractivity contribution in [2.75, 3.05) is 23.7 Å². The normalized spacial score (nSPS) is 11.2. The van der Waals surface area contributed by atoms with Gasteiger partial charge in [0, 0.05) is 0 Å². The number of aryl methyl sites for hydroxylation is 3. The molecule has 5 nitrogen and oxygen atoms in total. The molecule has 0 unspecified atom stereocenters. The van der Waals surface area contributed by atoms with Gasteiger partial charge in [-0.3, -0.25) is 9.10 Å². The molecule has 0 heterocycles. The minimum Gasteiger partial charge on any atom is -0.465 e. The predicted octanol–water partition coefficient (Wildman–Crippen LogP) is 1.94. The van der Waals surface area contributed by atoms with Crippen LogP contribution in [0.1, 0.15) is 23.6 Å². The Morgan fingerprint density at radius 1 is 1.20 bits per heavy atom. The fraction of sp³-hybridized carbons (Fsp3) is 0.500. The van der Waals surface area contributed by atoms with Crippen molar-refractivity contribution in [2.45, 2.75) is 27.7 Å². The zero-order chi connectivity index (χ0) is 15.5. The number of carbonyl (C=O) groups excluding carboxylic acids is 1. The zero-order valence-corrected chi connectivity index (χ0v) is 13.4. The summed E-state index contributed by atoms with van der Waals surface area (Å²) in [6, 6.07) is 3.79. The Morgan fingerprint density at radius 2 is 1.70 bits per heavy atom. The third kappa shape index (κ3) is 3.96. The van der Waals surface area contributed by atoms with E-state index in [2.05, 4.69) is 0 Å². The average molecular weight is 299 g/mol. The molecule has 112 valence electrons. The summed E-state index contributed by atoms with van der Waals surface area (Å²) in [4.78, 5) is 11.6. The Bertz CT molecular complexity index is 585. The standard InChI is InChI=1S/C14H21NO4S/c1-6-19-13(16)9-15(20(5,17)18)14-11(3)7-10(2)8-12(14)4/h7-8H,6,9H2,1-5H3. The second kappa shape index (κ2) is 6.26. The van der Waals surface area contributed by atoms with Crippen molar-refractivity contribution in [3.05, 3.63) is 28.8 Å². The van der Waals surface area contributed by atoms with E-state index in [1.54, 1.807) is 6.92 Å². The second-order valence-electron chi connectivity index (χ2n) is 4.82. The van der Waals surface area contributed by atoms with Gasteiger partial charge in [-0.25, -0.2) is 8.42 Å². The van der Waals surface area contributed by atoms with Gasteiger partial charge in [0.1, 0.15) is 6.54 Å². The first kappa shape index (κ1) is 16.5. The van der Waals surface area contributed by atoms with E-state index in [0.717, 1.165) is 27.3 Å². The van der Waals surface area contributed by atoms with Crippen LogP contribution in [-0.4, -0.2) is 33.8 Å². The van der Waals surface area contributed by atoms with Gasteiger partial charge in [-0.05, 0) is 38.8 Å². The van der Waals surface area contributed by atoms with Crippen molar-refractivity contribution in [3.8, 4) is 0 Å². The molecule has 0 radical (unpaired) electrons. The molecule has 0 aliphatic carbocycles. The maximum absolute atomic E-state index is 12.0. The Balaban J connectivity index is 3.30. The molecule has 0 atom stereocenters. The van der Waals surface area contributed by atoms with Gasteiger partial charge in [0.2, 0.25) is 10.0 Å². The molecular weight excluding hydrogens is 278 g/mol. The van der Waals surface area contributed by atoms with Gasteiger partial charge in [0.25, 0.3) is 0 Å². The summed E-state index contributed by atoms with van der Waals surface area (Å²) >= 11 is 0. The predicted molar refractivity (Wildman–Crippen MR) is 79.5 cm³/mol. The smallest absolute Gasteiger partial charge is 0.326 e. The number of rotatable bonds is 5. The molecule has 0 fully saturated rings. The highest BCUT2D eigenvalue weighted by molar-refractivity contribution is 7.92. The lowest BCUT2D eigenvalue weighted by atomic mass is 10.1. The fourth-order valence-corrected chi connectivity index (χ4v) is 3.21. The molecule has 0 aliphatic heterocycles. The van der Waals surface area contributed by atoms with Crippen molar-refractivity contribution in [1.82, 2.24) is 0 Å². The van der Waals surface area contributed by atoms with Crippen molar-refractivity contribution < 1.29 is 17.9 Å². The van der Waals surface area contributed by atoms with E-state index in [0.29, 0.717) is 5.69 Å². The summed E-state index contributed by atoms with van der Waals surface area (Å²) in [5.74, 6) is -0.558. The van der Waals surface area contributed by atoms with E-state index in [9.17, 15) is 13.2 Å². The van der Waals surface area contributed by atoms with Crippen LogP contribution in [0.2, 0.25) is 0 Å². The number of esters is 1. The van der Waals surface area contributed by atoms with Gasteiger partial charge in [0.15, 0.2) is 0 Å². The molecule has 1 aromatic carbocycles. The third-order valence-corrected chi connectivity index (χ3v) is 3.98. The molecule has 0 saturated heterocycles. The monoisotopic (exact) mass is 299 g/mol. The minimum atomic E-state index is -3.56. The highest BCUT2D eigenvalue weighted by Gasteiger charge is 2.24. The van der Waals surface area contributed by atoms with Crippen LogP contribution >= 0.6 is 0 Å². The zero-order valence-electron chi connectivity index (χ0n) is 12.6. The van der Waals surface area contributed by atoms with Crippen LogP contribution in [0.3, 0.4) is 0 Å². The Labute approximate surface area is 120 Å². The number of nitrogens with zero attached hydrogens (tertiary/aromatic N) is 1. The molecule has 0 N–H and O–H groups in total. The van der Waals surface area contributed by atoms with Gasteiger partial charge in [-0.1, -0.05) is 17.7 Å². The van der Waals surface area contributed by atoms with E-state index < -0.39 is 16.0 Å². The number of anilines is 1. The van der Waals surface area contributed by atoms with E-state index >= 15 is 0 Å². The van der Waals surface area contributed by atoms with Crippen LogP contribution in [0.4, 0.5) is 5.69 Å². The number of hydrogen-bond acceptors (Lipinski definition) is 4. The maximum Gasteiger partial charge on any atom is 0.326 e. The molecule has 0 bridgehead atoms. The van der Waals surface area contributed by atoms with Crippen molar-refractivity contribution in [1.29, 1.82) is 0 Å². The molecule has 1 rings (SSSR count). The number of sulfonamides is 1. The largest absolute Gasteiger partial charge is 0.465 e. The van der Waals surface area contributed by atoms with Gasteiger partial charge in [-0.15, -0.1) is 0 Å². The van der Waals surface area contributed by atoms with Crippen LogP contribution in [0.25, 0.3) is 0 Å². The number of ether oxygens (including phenoxy) is 1. The van der Waals surface area contributed by atoms with Gasteiger partial charge < -0.3 is 4.74 Å². The lowest BCUT2D eigenvalue weighted by Gasteiger charge is -2.25. The summed E-state index contributed by atoms with van der Waals surface area (Å²) in [5.41, 5.74) is 3.23. The van der Waals surface area contributed by atoms with Crippen molar-refractivity contribution >= 4 is 21.7 Å². The average Bonchev–Trinajstić information content (AvgIpc) is 2.25. The van der Waals surface area contributed by atoms with Crippen molar-refractivity contribution in [3.63, 3.8) is 0 Å². The van der Waals surface area contributed by atoms with Crippen LogP contribution in [0, 0.1) is 20.8 Å². The summed E-state index contributed by atoms with van der Waals surface area (Å²) < 4.78 is 29.9. The lowest BCUT2D eigenvalue weighted by molar-refractivity contribution is -0.141. The summed E-state index contributed by atoms with van der Waals surface area (Å²) in [7, 11) is -3.56. The minimum absolute atomic E-state index is 0.225. The van der Waals surface area contributed by atoms with E-state index in [1.807, 2.05) is 32.9 Å². The third-order valence-electron chi connectivity index (χ3n) is 2.86. The van der Waals surface area contributed by atoms with E-state index in [-0.39, 0.29) is 13.2 Å². The van der Waals surface area contributed by atoms with Gasteiger partial charge >= 0.3 is 5.97 Å². The van der Waals surface area contributed by atoms with Crippen LogP contribution < -0.4 is 4.31 Å². The molecule has 0 spiro atoms. The SMILES string of the molecule is CCOC(=O)CN(c1c(C)cc(C)cc1C)S(C)(=O)=O. The Morgan fingerprint density at radius 3 is 2.10 bits per heavy atom. The highest BCUT2D eigenvalue weighted by atomic mass is 32.2. The van der Waals surface area contributed by atoms with E-state index in [4.69, 9.17) is 4.74 Å². The number of carbonyl (C=O) groups is 1. The molecule has 0 amide bonds. The molecule has 0 saturated carbocycles. The topological polar surface area (TPSA) is 63.7 Å². The molecule has 0 aliphatic rings. The first-order chi connectivity index (χ1) is 9.16. The Kier molecular flexibility index (Phi) is 5.16. The first-order valence-corrected chi connectivity index (χ1v) is 8.22. The molecule has 6 heteroatoms. The van der Waals surface area contributed by atoms with Crippen molar-refractivity contribution in [2.24, 2.45) is 0 Å². The molecule has 1 aromatic rings. The van der Waals surface area contributed by atoms with Crippen LogP contribution in [0.15, 0.2) is 12.1 Å². The summed E-state index contributed by atoms with van der Waals surface area (Å²) in [6.07, 6.45) is 1.09. The summed E-state index contributed by atoms with van der Waals surface area (Å²) in [5, 5.41) is 0. The summed E-state index contributed by atoms with van der Waals surface area (Å²) in [6.45, 7) is 7.21. The van der Waals surface area contributed by atoms with Crippen LogP contribution in [-0.2, 0) is 19.6 Å². The fourth-order valence-electron chi connectivity index (χ4n) is 2.25. The molecule has 20 heavy (non-hydrogen) atoms. The highest BCUT2D eigenvalue weighted by Crippen LogP contribution is 2.28. The first-order valence-electron chi connectivity index (χ1n) is 6.38. The lowest BCUT2D eigenvalue weighted by Crippen LogP contribution is -2.36. The quantitative estimate of drug-likeness (QED) is 0.779. The van der Waals surface area contributed by atoms with E-state index in [1.165, 1.54) is 0 Å². The number of hydrogen-bond donors (Lipinski definition) is 0. The molecular formula is C14H21NO4S. The number of benzene rings is 1. The maximum atomic E-state index is 12.0. The Hall–Kier alpha value is -1.56. The second-order valence-corrected chi connectivity index (χ2v) is 6.73. The van der Waals surface area contributed by atoms with Gasteiger partial charge in [0.05, 0.1) is 18.6 Å². The van der Waals surface area contributed by atoms with Crippen LogP contribution in [0.5, 0.6) is 0 Å².